The number of hydrogen-bond acceptors (Lipinski definition) is 2. The Hall–Kier alpha value is -1.84. The molecule has 4 nitrogen and oxygen atoms in total. The summed E-state index contributed by atoms with van der Waals surface area (Å²) in [5.41, 5.74) is 1.07. The van der Waals surface area contributed by atoms with Crippen LogP contribution in [-0.4, -0.2) is 24.4 Å². The second-order valence-electron chi connectivity index (χ2n) is 10.9. The van der Waals surface area contributed by atoms with Crippen molar-refractivity contribution >= 4 is 11.8 Å². The molecule has 0 saturated carbocycles. The summed E-state index contributed by atoms with van der Waals surface area (Å²) < 4.78 is 0. The fraction of sp³-hybridized carbons (Fsp3) is 0.758. The average molecular weight is 515 g/mol. The molecule has 2 N–H and O–H groups in total. The maximum absolute atomic E-state index is 12.9. The lowest BCUT2D eigenvalue weighted by Crippen LogP contribution is -2.48. The van der Waals surface area contributed by atoms with E-state index in [1.165, 1.54) is 96.3 Å². The maximum atomic E-state index is 12.9. The van der Waals surface area contributed by atoms with Gasteiger partial charge in [-0.15, -0.1) is 0 Å². The van der Waals surface area contributed by atoms with Crippen LogP contribution < -0.4 is 10.6 Å². The minimum Gasteiger partial charge on any atom is -0.354 e. The molecule has 0 bridgehead atoms. The molecule has 1 aromatic carbocycles. The summed E-state index contributed by atoms with van der Waals surface area (Å²) >= 11 is 0. The number of hydrogen-bond donors (Lipinski definition) is 2. The zero-order chi connectivity index (χ0) is 26.8. The van der Waals surface area contributed by atoms with E-state index in [0.29, 0.717) is 19.4 Å². The Morgan fingerprint density at radius 3 is 1.59 bits per heavy atom. The lowest BCUT2D eigenvalue weighted by atomic mass is 10.0. The summed E-state index contributed by atoms with van der Waals surface area (Å²) in [6, 6.07) is 9.49. The quantitative estimate of drug-likeness (QED) is 0.128. The molecule has 0 heterocycles. The molecule has 0 aromatic heterocycles. The predicted molar refractivity (Wildman–Crippen MR) is 159 cm³/mol. The predicted octanol–water partition coefficient (Wildman–Crippen LogP) is 8.67. The lowest BCUT2D eigenvalue weighted by molar-refractivity contribution is -0.129. The maximum Gasteiger partial charge on any atom is 0.242 e. The SMILES string of the molecule is CCCCCCCCCCCCNC(=O)C(Cc1ccccc1)NC(=O)CCCCCCCCCCC. The third-order valence-corrected chi connectivity index (χ3v) is 7.27. The molecule has 0 aliphatic rings. The molecule has 1 unspecified atom stereocenters. The van der Waals surface area contributed by atoms with Crippen molar-refractivity contribution in [3.63, 3.8) is 0 Å². The number of carbonyl (C=O) groups is 2. The molecule has 1 atom stereocenters. The summed E-state index contributed by atoms with van der Waals surface area (Å²) in [4.78, 5) is 25.6. The van der Waals surface area contributed by atoms with Gasteiger partial charge in [0.15, 0.2) is 0 Å². The van der Waals surface area contributed by atoms with E-state index in [0.717, 1.165) is 31.2 Å². The lowest BCUT2D eigenvalue weighted by Gasteiger charge is -2.19. The topological polar surface area (TPSA) is 58.2 Å². The first-order chi connectivity index (χ1) is 18.2. The van der Waals surface area contributed by atoms with E-state index in [2.05, 4.69) is 24.5 Å². The highest BCUT2D eigenvalue weighted by Gasteiger charge is 2.20. The summed E-state index contributed by atoms with van der Waals surface area (Å²) in [7, 11) is 0. The highest BCUT2D eigenvalue weighted by atomic mass is 16.2. The molecular formula is C33H58N2O2. The number of benzene rings is 1. The fourth-order valence-electron chi connectivity index (χ4n) is 4.87. The number of amides is 2. The van der Waals surface area contributed by atoms with Crippen molar-refractivity contribution < 1.29 is 9.59 Å². The van der Waals surface area contributed by atoms with Gasteiger partial charge in [-0.3, -0.25) is 9.59 Å². The Morgan fingerprint density at radius 2 is 1.08 bits per heavy atom. The third-order valence-electron chi connectivity index (χ3n) is 7.27. The molecule has 1 aromatic rings. The van der Waals surface area contributed by atoms with Crippen LogP contribution in [0.2, 0.25) is 0 Å². The zero-order valence-corrected chi connectivity index (χ0v) is 24.3. The van der Waals surface area contributed by atoms with E-state index in [1.54, 1.807) is 0 Å². The van der Waals surface area contributed by atoms with Crippen LogP contribution in [0, 0.1) is 0 Å². The van der Waals surface area contributed by atoms with Gasteiger partial charge >= 0.3 is 0 Å². The van der Waals surface area contributed by atoms with Gasteiger partial charge in [0.05, 0.1) is 0 Å². The molecule has 37 heavy (non-hydrogen) atoms. The van der Waals surface area contributed by atoms with Crippen molar-refractivity contribution in [1.29, 1.82) is 0 Å². The Kier molecular flexibility index (Phi) is 22.0. The molecule has 0 fully saturated rings. The first-order valence-corrected chi connectivity index (χ1v) is 15.8. The van der Waals surface area contributed by atoms with Gasteiger partial charge in [-0.1, -0.05) is 153 Å². The fourth-order valence-corrected chi connectivity index (χ4v) is 4.87. The normalized spacial score (nSPS) is 11.8. The average Bonchev–Trinajstić information content (AvgIpc) is 2.91. The van der Waals surface area contributed by atoms with Crippen molar-refractivity contribution in [2.24, 2.45) is 0 Å². The van der Waals surface area contributed by atoms with Crippen LogP contribution >= 0.6 is 0 Å². The standard InChI is InChI=1S/C33H58N2O2/c1-3-5-7-9-11-13-15-17-19-24-28-34-33(37)31(29-30-25-21-20-22-26-30)35-32(36)27-23-18-16-14-12-10-8-6-4-2/h20-22,25-26,31H,3-19,23-24,27-29H2,1-2H3,(H,34,37)(H,35,36). The van der Waals surface area contributed by atoms with Crippen LogP contribution in [0.4, 0.5) is 0 Å². The highest BCUT2D eigenvalue weighted by Crippen LogP contribution is 2.12. The first-order valence-electron chi connectivity index (χ1n) is 15.8. The Labute approximate surface area is 229 Å². The molecule has 2 amide bonds. The molecule has 0 spiro atoms. The molecule has 0 aliphatic heterocycles. The van der Waals surface area contributed by atoms with E-state index in [9.17, 15) is 9.59 Å². The van der Waals surface area contributed by atoms with Crippen molar-refractivity contribution in [2.75, 3.05) is 6.54 Å². The Bertz CT molecular complexity index is 662. The second kappa shape index (κ2) is 24.5. The van der Waals surface area contributed by atoms with E-state index in [-0.39, 0.29) is 11.8 Å². The van der Waals surface area contributed by atoms with Crippen molar-refractivity contribution in [2.45, 2.75) is 155 Å². The van der Waals surface area contributed by atoms with Gasteiger partial charge in [-0.05, 0) is 18.4 Å². The molecule has 1 rings (SSSR count). The van der Waals surface area contributed by atoms with E-state index in [4.69, 9.17) is 0 Å². The molecular weight excluding hydrogens is 456 g/mol. The van der Waals surface area contributed by atoms with Crippen molar-refractivity contribution in [3.05, 3.63) is 35.9 Å². The van der Waals surface area contributed by atoms with Crippen LogP contribution in [0.1, 0.15) is 148 Å². The van der Waals surface area contributed by atoms with Gasteiger partial charge in [0.25, 0.3) is 0 Å². The van der Waals surface area contributed by atoms with Gasteiger partial charge in [-0.2, -0.15) is 0 Å². The molecule has 0 aliphatic carbocycles. The number of rotatable bonds is 25. The molecule has 0 radical (unpaired) electrons. The van der Waals surface area contributed by atoms with Crippen LogP contribution in [0.3, 0.4) is 0 Å². The minimum absolute atomic E-state index is 0.00189. The number of nitrogens with one attached hydrogen (secondary N) is 2. The molecule has 4 heteroatoms. The van der Waals surface area contributed by atoms with E-state index < -0.39 is 6.04 Å². The minimum atomic E-state index is -0.503. The zero-order valence-electron chi connectivity index (χ0n) is 24.3. The first kappa shape index (κ1) is 33.2. The summed E-state index contributed by atoms with van der Waals surface area (Å²) in [6.07, 6.45) is 25.0. The van der Waals surface area contributed by atoms with Crippen LogP contribution in [0.15, 0.2) is 30.3 Å². The smallest absolute Gasteiger partial charge is 0.242 e. The van der Waals surface area contributed by atoms with Crippen molar-refractivity contribution in [3.8, 4) is 0 Å². The van der Waals surface area contributed by atoms with Crippen LogP contribution in [0.5, 0.6) is 0 Å². The van der Waals surface area contributed by atoms with Crippen LogP contribution in [0.25, 0.3) is 0 Å². The van der Waals surface area contributed by atoms with Gasteiger partial charge < -0.3 is 10.6 Å². The Morgan fingerprint density at radius 1 is 0.622 bits per heavy atom. The summed E-state index contributed by atoms with van der Waals surface area (Å²) in [6.45, 7) is 5.20. The number of unbranched alkanes of at least 4 members (excludes halogenated alkanes) is 17. The molecule has 212 valence electrons. The largest absolute Gasteiger partial charge is 0.354 e. The van der Waals surface area contributed by atoms with Gasteiger partial charge in [0, 0.05) is 19.4 Å². The second-order valence-corrected chi connectivity index (χ2v) is 10.9. The van der Waals surface area contributed by atoms with E-state index in [1.807, 2.05) is 30.3 Å². The molecule has 0 saturated heterocycles. The van der Waals surface area contributed by atoms with Gasteiger partial charge in [0.1, 0.15) is 6.04 Å². The van der Waals surface area contributed by atoms with Gasteiger partial charge in [-0.25, -0.2) is 0 Å². The monoisotopic (exact) mass is 514 g/mol. The summed E-state index contributed by atoms with van der Waals surface area (Å²) in [5.74, 6) is -0.0572. The number of carbonyl (C=O) groups excluding carboxylic acids is 2. The Balaban J connectivity index is 2.26. The van der Waals surface area contributed by atoms with E-state index >= 15 is 0 Å². The summed E-state index contributed by atoms with van der Waals surface area (Å²) in [5, 5.41) is 6.11. The van der Waals surface area contributed by atoms with Crippen LogP contribution in [-0.2, 0) is 16.0 Å². The van der Waals surface area contributed by atoms with Crippen molar-refractivity contribution in [1.82, 2.24) is 10.6 Å². The third kappa shape index (κ3) is 19.9. The highest BCUT2D eigenvalue weighted by molar-refractivity contribution is 5.87. The van der Waals surface area contributed by atoms with Gasteiger partial charge in [0.2, 0.25) is 11.8 Å².